The zero-order valence-corrected chi connectivity index (χ0v) is 28.2. The summed E-state index contributed by atoms with van der Waals surface area (Å²) >= 11 is 0. The molecule has 0 spiro atoms. The third-order valence-electron chi connectivity index (χ3n) is 8.21. The maximum atomic E-state index is 12.2. The molecule has 2 unspecified atom stereocenters. The van der Waals surface area contributed by atoms with Crippen LogP contribution in [0.2, 0.25) is 11.1 Å². The molecule has 7 nitrogen and oxygen atoms in total. The van der Waals surface area contributed by atoms with Crippen LogP contribution in [0.1, 0.15) is 129 Å². The van der Waals surface area contributed by atoms with E-state index in [9.17, 15) is 4.79 Å². The van der Waals surface area contributed by atoms with Crippen LogP contribution in [0.3, 0.4) is 0 Å². The normalized spacial score (nSPS) is 14.1. The maximum absolute atomic E-state index is 12.2. The molecule has 0 bridgehead atoms. The molecule has 0 saturated carbocycles. The van der Waals surface area contributed by atoms with Gasteiger partial charge in [0.1, 0.15) is 5.78 Å². The second kappa shape index (κ2) is 23.6. The van der Waals surface area contributed by atoms with Crippen molar-refractivity contribution < 1.29 is 31.4 Å². The Balaban J connectivity index is 3.76. The highest BCUT2D eigenvalue weighted by atomic mass is 28.4. The minimum Gasteiger partial charge on any atom is -0.377 e. The molecule has 0 aromatic carbocycles. The molecule has 0 aliphatic heterocycles. The summed E-state index contributed by atoms with van der Waals surface area (Å²) in [5.41, 5.74) is 0.728. The van der Waals surface area contributed by atoms with Crippen molar-refractivity contribution in [2.24, 2.45) is 0 Å². The lowest BCUT2D eigenvalue weighted by atomic mass is 10.0. The molecule has 0 saturated heterocycles. The van der Waals surface area contributed by atoms with E-state index in [1.54, 1.807) is 42.7 Å². The fourth-order valence-corrected chi connectivity index (χ4v) is 10.8. The maximum Gasteiger partial charge on any atom is 0.503 e. The van der Waals surface area contributed by atoms with Gasteiger partial charge >= 0.3 is 17.6 Å². The Bertz CT molecular complexity index is 495. The second-order valence-corrected chi connectivity index (χ2v) is 17.0. The van der Waals surface area contributed by atoms with Gasteiger partial charge in [0.05, 0.1) is 0 Å². The summed E-state index contributed by atoms with van der Waals surface area (Å²) in [5, 5.41) is 0. The predicted octanol–water partition coefficient (Wildman–Crippen LogP) is 8.11. The molecule has 0 radical (unpaired) electrons. The molecule has 0 fully saturated rings. The summed E-state index contributed by atoms with van der Waals surface area (Å²) in [6, 6.07) is 0. The number of carbonyl (C=O) groups excluding carboxylic acids is 1. The van der Waals surface area contributed by atoms with Gasteiger partial charge in [-0.2, -0.15) is 0 Å². The number of carbonyl (C=O) groups is 1. The fraction of sp³-hybridized carbons (Fsp3) is 0.966. The largest absolute Gasteiger partial charge is 0.503 e. The number of rotatable bonds is 28. The smallest absolute Gasteiger partial charge is 0.377 e. The molecule has 0 aromatic rings. The zero-order chi connectivity index (χ0) is 28.7. The number of hydrogen-bond acceptors (Lipinski definition) is 7. The van der Waals surface area contributed by atoms with Gasteiger partial charge in [-0.1, -0.05) is 78.1 Å². The van der Waals surface area contributed by atoms with Crippen molar-refractivity contribution in [1.82, 2.24) is 0 Å². The van der Waals surface area contributed by atoms with Crippen LogP contribution in [0.4, 0.5) is 0 Å². The number of Topliss-reactive ketones (excluding diaryl/α,β-unsaturated/α-hetero) is 1. The molecular weight excluding hydrogens is 516 g/mol. The third kappa shape index (κ3) is 14.0. The van der Waals surface area contributed by atoms with Gasteiger partial charge in [0.25, 0.3) is 0 Å². The van der Waals surface area contributed by atoms with E-state index in [0.29, 0.717) is 16.9 Å². The van der Waals surface area contributed by atoms with Crippen LogP contribution in [0.25, 0.3) is 0 Å². The third-order valence-corrected chi connectivity index (χ3v) is 15.0. The van der Waals surface area contributed by atoms with E-state index in [4.69, 9.17) is 26.6 Å². The summed E-state index contributed by atoms with van der Waals surface area (Å²) in [7, 11) is 5.16. The molecule has 0 rings (SSSR count). The van der Waals surface area contributed by atoms with Crippen molar-refractivity contribution in [2.45, 2.75) is 141 Å². The first-order valence-corrected chi connectivity index (χ1v) is 18.8. The summed E-state index contributed by atoms with van der Waals surface area (Å²) in [6.07, 6.45) is 19.8. The van der Waals surface area contributed by atoms with Gasteiger partial charge in [-0.25, -0.2) is 0 Å². The Morgan fingerprint density at radius 1 is 0.474 bits per heavy atom. The standard InChI is InChI=1S/C29H62O7Si2/c1-9-28(37(31-3,32-4)33-5)25-21-17-13-11-15-19-23-27(30)24-20-16-12-14-18-22-26-29(10-2)38(34-6,35-7)36-8/h28-29H,9-26H2,1-8H3. The molecule has 0 aliphatic carbocycles. The minimum absolute atomic E-state index is 0.364. The van der Waals surface area contributed by atoms with Crippen molar-refractivity contribution in [3.8, 4) is 0 Å². The quantitative estimate of drug-likeness (QED) is 0.0685. The number of unbranched alkanes of at least 4 members (excludes halogenated alkanes) is 10. The minimum atomic E-state index is -2.53. The second-order valence-electron chi connectivity index (χ2n) is 10.5. The zero-order valence-electron chi connectivity index (χ0n) is 26.2. The van der Waals surface area contributed by atoms with E-state index in [0.717, 1.165) is 64.2 Å². The summed E-state index contributed by atoms with van der Waals surface area (Å²) in [5.74, 6) is 0.446. The monoisotopic (exact) mass is 578 g/mol. The first-order valence-electron chi connectivity index (χ1n) is 15.2. The topological polar surface area (TPSA) is 72.5 Å². The van der Waals surface area contributed by atoms with E-state index in [1.807, 2.05) is 0 Å². The Morgan fingerprint density at radius 2 is 0.737 bits per heavy atom. The van der Waals surface area contributed by atoms with Gasteiger partial charge in [0.2, 0.25) is 0 Å². The van der Waals surface area contributed by atoms with E-state index in [1.165, 1.54) is 51.4 Å². The Kier molecular flexibility index (Phi) is 23.5. The molecule has 0 aliphatic rings. The molecule has 0 amide bonds. The van der Waals surface area contributed by atoms with E-state index in [-0.39, 0.29) is 0 Å². The van der Waals surface area contributed by atoms with Crippen molar-refractivity contribution >= 4 is 23.4 Å². The van der Waals surface area contributed by atoms with Crippen LogP contribution in [0, 0.1) is 0 Å². The average Bonchev–Trinajstić information content (AvgIpc) is 2.95. The fourth-order valence-electron chi connectivity index (χ4n) is 5.73. The van der Waals surface area contributed by atoms with Crippen LogP contribution in [0.5, 0.6) is 0 Å². The SMILES string of the molecule is CCC(CCCCCCCCC(=O)CCCCCCCCC(CC)[Si](OC)(OC)OC)[Si](OC)(OC)OC. The highest BCUT2D eigenvalue weighted by Crippen LogP contribution is 2.33. The Labute approximate surface area is 237 Å². The lowest BCUT2D eigenvalue weighted by molar-refractivity contribution is -0.119. The number of ketones is 1. The van der Waals surface area contributed by atoms with Gasteiger partial charge in [0.15, 0.2) is 0 Å². The van der Waals surface area contributed by atoms with E-state index < -0.39 is 17.6 Å². The highest BCUT2D eigenvalue weighted by Gasteiger charge is 2.46. The van der Waals surface area contributed by atoms with Crippen molar-refractivity contribution in [1.29, 1.82) is 0 Å². The van der Waals surface area contributed by atoms with Crippen molar-refractivity contribution in [3.05, 3.63) is 0 Å². The van der Waals surface area contributed by atoms with E-state index in [2.05, 4.69) is 13.8 Å². The molecular formula is C29H62O7Si2. The van der Waals surface area contributed by atoms with Crippen LogP contribution >= 0.6 is 0 Å². The Hall–Kier alpha value is -0.136. The molecule has 38 heavy (non-hydrogen) atoms. The van der Waals surface area contributed by atoms with Gasteiger partial charge in [-0.3, -0.25) is 4.79 Å². The number of hydrogen-bond donors (Lipinski definition) is 0. The molecule has 228 valence electrons. The van der Waals surface area contributed by atoms with Gasteiger partial charge < -0.3 is 26.6 Å². The lowest BCUT2D eigenvalue weighted by Crippen LogP contribution is -2.47. The summed E-state index contributed by atoms with van der Waals surface area (Å²) in [4.78, 5) is 12.2. The van der Waals surface area contributed by atoms with Gasteiger partial charge in [0, 0.05) is 66.6 Å². The molecule has 0 heterocycles. The van der Waals surface area contributed by atoms with E-state index >= 15 is 0 Å². The Morgan fingerprint density at radius 3 is 1.00 bits per heavy atom. The summed E-state index contributed by atoms with van der Waals surface area (Å²) < 4.78 is 34.0. The first-order chi connectivity index (χ1) is 18.4. The lowest BCUT2D eigenvalue weighted by Gasteiger charge is -2.31. The molecule has 0 N–H and O–H groups in total. The highest BCUT2D eigenvalue weighted by molar-refractivity contribution is 6.62. The van der Waals surface area contributed by atoms with Crippen LogP contribution in [-0.2, 0) is 31.4 Å². The predicted molar refractivity (Wildman–Crippen MR) is 161 cm³/mol. The van der Waals surface area contributed by atoms with Crippen molar-refractivity contribution in [2.75, 3.05) is 42.7 Å². The average molecular weight is 579 g/mol. The van der Waals surface area contributed by atoms with Crippen LogP contribution in [0.15, 0.2) is 0 Å². The van der Waals surface area contributed by atoms with Gasteiger partial charge in [-0.05, 0) is 38.5 Å². The first kappa shape index (κ1) is 37.9. The summed E-state index contributed by atoms with van der Waals surface area (Å²) in [6.45, 7) is 4.37. The van der Waals surface area contributed by atoms with Crippen LogP contribution < -0.4 is 0 Å². The molecule has 0 aromatic heterocycles. The van der Waals surface area contributed by atoms with Gasteiger partial charge in [-0.15, -0.1) is 0 Å². The van der Waals surface area contributed by atoms with Crippen molar-refractivity contribution in [3.63, 3.8) is 0 Å². The molecule has 9 heteroatoms. The molecule has 2 atom stereocenters. The van der Waals surface area contributed by atoms with Crippen LogP contribution in [-0.4, -0.2) is 66.1 Å².